The molecule has 1 heterocycles. The number of fused-ring (bicyclic) bond motifs is 10. The van der Waals surface area contributed by atoms with Crippen LogP contribution in [0.5, 0.6) is 0 Å². The molecule has 1 saturated heterocycles. The van der Waals surface area contributed by atoms with E-state index in [0.717, 1.165) is 106 Å². The third-order valence-electron chi connectivity index (χ3n) is 24.8. The van der Waals surface area contributed by atoms with Gasteiger partial charge in [-0.25, -0.2) is 0 Å². The number of halogens is 1. The summed E-state index contributed by atoms with van der Waals surface area (Å²) in [5, 5.41) is 39.2. The Hall–Kier alpha value is -2.12. The number of aliphatic hydroxyl groups excluding tert-OH is 1. The summed E-state index contributed by atoms with van der Waals surface area (Å²) in [6.07, 6.45) is 35.1. The van der Waals surface area contributed by atoms with E-state index in [2.05, 4.69) is 141 Å². The minimum absolute atomic E-state index is 0. The molecule has 6 saturated carbocycles. The number of ether oxygens (including phenoxy) is 2. The third-order valence-corrected chi connectivity index (χ3v) is 34.9. The van der Waals surface area contributed by atoms with Crippen LogP contribution in [0.1, 0.15) is 223 Å². The molecule has 12 heteroatoms. The Morgan fingerprint density at radius 2 is 1.10 bits per heavy atom. The molecule has 0 radical (unpaired) electrons. The number of hydrogen-bond acceptors (Lipinski definition) is 7. The van der Waals surface area contributed by atoms with E-state index in [1.165, 1.54) is 105 Å². The summed E-state index contributed by atoms with van der Waals surface area (Å²) in [5.41, 5.74) is 5.34. The van der Waals surface area contributed by atoms with E-state index in [9.17, 15) is 24.6 Å². The van der Waals surface area contributed by atoms with Gasteiger partial charge < -0.3 is 24.8 Å². The number of unbranched alkanes of at least 4 members (excludes halogenated alkanes) is 2. The maximum atomic E-state index is 12.3. The van der Waals surface area contributed by atoms with Crippen LogP contribution < -0.4 is 72.4 Å². The van der Waals surface area contributed by atoms with Crippen LogP contribution in [0.4, 0.5) is 0 Å². The Morgan fingerprint density at radius 1 is 0.626 bits per heavy atom. The molecule has 15 atom stereocenters. The number of ketones is 1. The Labute approximate surface area is 599 Å². The van der Waals surface area contributed by atoms with Gasteiger partial charge in [0.05, 0.1) is 12.2 Å². The molecule has 8 aliphatic carbocycles. The van der Waals surface area contributed by atoms with E-state index in [1.54, 1.807) is 31.9 Å². The number of benzene rings is 3. The number of carboxylic acid groups (broad SMARTS) is 2. The van der Waals surface area contributed by atoms with Crippen molar-refractivity contribution in [1.29, 1.82) is 0 Å². The van der Waals surface area contributed by atoms with E-state index in [0.29, 0.717) is 46.4 Å². The van der Waals surface area contributed by atoms with Gasteiger partial charge >= 0.3 is 226 Å². The monoisotopic (exact) mass is 1350 g/mol. The topological polar surface area (TPSA) is 153 Å². The van der Waals surface area contributed by atoms with Crippen molar-refractivity contribution >= 4 is 54.4 Å². The van der Waals surface area contributed by atoms with Crippen molar-refractivity contribution in [1.82, 2.24) is 0 Å². The number of Topliss-reactive ketones (excluding diaryl/α,β-unsaturated/α-hetero) is 1. The van der Waals surface area contributed by atoms with Gasteiger partial charge in [-0.1, -0.05) is 83.4 Å². The third kappa shape index (κ3) is 16.6. The first-order valence-corrected chi connectivity index (χ1v) is 39.7. The van der Waals surface area contributed by atoms with Gasteiger partial charge in [-0.2, -0.15) is 0 Å². The van der Waals surface area contributed by atoms with Crippen LogP contribution >= 0.6 is 20.8 Å². The van der Waals surface area contributed by atoms with E-state index in [4.69, 9.17) is 19.7 Å². The Balaban J connectivity index is 0.000000169. The summed E-state index contributed by atoms with van der Waals surface area (Å²) in [7, 11) is 0. The predicted octanol–water partition coefficient (Wildman–Crippen LogP) is 14.4. The van der Waals surface area contributed by atoms with E-state index >= 15 is 0 Å². The Kier molecular flexibility index (Phi) is 25.9. The predicted molar refractivity (Wildman–Crippen MR) is 371 cm³/mol. The number of aliphatic carboxylic acids is 2. The van der Waals surface area contributed by atoms with Gasteiger partial charge in [-0.15, -0.1) is 5.60 Å². The normalized spacial score (nSPS) is 34.4. The summed E-state index contributed by atoms with van der Waals surface area (Å²) in [6.45, 7) is 20.0. The molecule has 3 aromatic rings. The average molecular weight is 1360 g/mol. The molecule has 0 amide bonds. The molecule has 1 aliphatic heterocycles. The number of rotatable bonds is 16. The maximum Gasteiger partial charge on any atom is 1.00 e. The molecule has 9 nitrogen and oxygen atoms in total. The molecule has 91 heavy (non-hydrogen) atoms. The summed E-state index contributed by atoms with van der Waals surface area (Å²) in [5.74, 6) is 4.76. The Bertz CT molecular complexity index is 2890. The number of carbonyl (C=O) groups is 3. The zero-order valence-electron chi connectivity index (χ0n) is 57.5. The summed E-state index contributed by atoms with van der Waals surface area (Å²) >= 11 is 4.37. The van der Waals surface area contributed by atoms with Crippen molar-refractivity contribution in [3.8, 4) is 0 Å². The number of hydrogen-bond donors (Lipinski definition) is 3. The molecule has 3 aromatic carbocycles. The van der Waals surface area contributed by atoms with Crippen LogP contribution in [-0.4, -0.2) is 69.9 Å². The molecule has 0 aromatic heterocycles. The van der Waals surface area contributed by atoms with Gasteiger partial charge in [0.1, 0.15) is 5.78 Å². The van der Waals surface area contributed by atoms with E-state index < -0.39 is 22.8 Å². The van der Waals surface area contributed by atoms with Crippen LogP contribution in [0.3, 0.4) is 0 Å². The van der Waals surface area contributed by atoms with Gasteiger partial charge in [0.2, 0.25) is 0 Å². The quantitative estimate of drug-likeness (QED) is 0.0550. The maximum absolute atomic E-state index is 12.3. The molecule has 3 N–H and O–H groups in total. The van der Waals surface area contributed by atoms with Crippen molar-refractivity contribution < 1.29 is 95.7 Å². The summed E-state index contributed by atoms with van der Waals surface area (Å²) in [6, 6.07) is 31.8. The Morgan fingerprint density at radius 3 is 1.58 bits per heavy atom. The zero-order valence-corrected chi connectivity index (χ0v) is 63.1. The standard InChI is InChI=1S/2C26H40O3.C23H24BrO2P.C4H9O.K/c1-17(27)21-9-10-22-20-8-7-18-16-19(29-24-6-4-5-15-28-24)11-13-25(18,2)23(20)12-14-26(21,22)3;1-17(6-4-5-7-24(28)29)21-10-11-22-20-9-8-18-16-19(27)12-14-25(18,2)23(20)13-15-26(21,22)3;24-27(19-11-10-18-23(25)26,20-12-4-1-5-13-20,21-14-6-2-7-15-21)22-16-8-3-9-17-22;1-4(2,3)5;/h7,19-24H,4-6,8-16H2,1-3H3;6,8,19-23,27H,4-5,7,9-16H2,1-3H3,(H,28,29);1-9,12-17H,10-11,18-19H2,(H,25,26);1-3H3;/q;;;-1;+1/b;17-6+;;;/t19-,20-,21+,22-,23-,24?,25-,26+;19-,20-,21+,22-,23-,25-,26+;;;/m00.../s1. The molecule has 9 aliphatic rings. The van der Waals surface area contributed by atoms with Gasteiger partial charge in [0.15, 0.2) is 6.29 Å². The van der Waals surface area contributed by atoms with Crippen molar-refractivity contribution in [3.63, 3.8) is 0 Å². The minimum atomic E-state index is -2.89. The van der Waals surface area contributed by atoms with Crippen LogP contribution in [0.2, 0.25) is 0 Å². The number of aliphatic hydroxyl groups is 1. The smallest absolute Gasteiger partial charge is 1.00 e. The van der Waals surface area contributed by atoms with Crippen molar-refractivity contribution in [3.05, 3.63) is 126 Å². The molecule has 0 spiro atoms. The molecular weight excluding hydrogens is 1240 g/mol. The second-order valence-corrected chi connectivity index (χ2v) is 40.3. The first kappa shape index (κ1) is 74.7. The van der Waals surface area contributed by atoms with Gasteiger partial charge in [0, 0.05) is 18.9 Å². The fourth-order valence-corrected chi connectivity index (χ4v) is 28.0. The second kappa shape index (κ2) is 31.6. The zero-order chi connectivity index (χ0) is 64.7. The van der Waals surface area contributed by atoms with E-state index in [1.807, 2.05) is 25.1 Å². The summed E-state index contributed by atoms with van der Waals surface area (Å²) < 4.78 is 12.2. The average Bonchev–Trinajstić information content (AvgIpc) is 1.64. The molecule has 0 bridgehead atoms. The van der Waals surface area contributed by atoms with Gasteiger partial charge in [-0.05, 0) is 212 Å². The first-order chi connectivity index (χ1) is 42.7. The molecule has 1 unspecified atom stereocenters. The van der Waals surface area contributed by atoms with Crippen LogP contribution in [0, 0.1) is 69.0 Å². The van der Waals surface area contributed by atoms with Crippen LogP contribution in [0.25, 0.3) is 0 Å². The van der Waals surface area contributed by atoms with Crippen molar-refractivity contribution in [2.45, 2.75) is 247 Å². The molecule has 7 fully saturated rings. The number of carboxylic acids is 2. The molecular formula is C79H113BrKO9P. The summed E-state index contributed by atoms with van der Waals surface area (Å²) in [4.78, 5) is 34.1. The van der Waals surface area contributed by atoms with Gasteiger partial charge in [-0.3, -0.25) is 9.59 Å². The van der Waals surface area contributed by atoms with Gasteiger partial charge in [0.25, 0.3) is 0 Å². The largest absolute Gasteiger partial charge is 1.00 e. The van der Waals surface area contributed by atoms with Crippen molar-refractivity contribution in [2.24, 2.45) is 69.0 Å². The van der Waals surface area contributed by atoms with Crippen molar-refractivity contribution in [2.75, 3.05) is 12.8 Å². The molecule has 496 valence electrons. The minimum Gasteiger partial charge on any atom is 1.00 e. The molecule has 12 rings (SSSR count). The second-order valence-electron chi connectivity index (χ2n) is 31.3. The van der Waals surface area contributed by atoms with E-state index in [-0.39, 0.29) is 82.0 Å². The fourth-order valence-electron chi connectivity index (χ4n) is 20.3. The number of allylic oxidation sites excluding steroid dienone is 4. The van der Waals surface area contributed by atoms with Crippen LogP contribution in [-0.2, 0) is 23.9 Å². The number of carbonyl (C=O) groups excluding carboxylic acids is 1. The fraction of sp³-hybridized carbons (Fsp3) is 0.658. The van der Waals surface area contributed by atoms with Crippen LogP contribution in [0.15, 0.2) is 126 Å². The SMILES string of the molecule is C/C(=C\CCCC(=O)O)[C@H]1CC[C@H]2[C@@H]3CC=C4C[C@@H](O)CC[C@]4(C)[C@H]3CC[C@]12C.CC(=O)[C@H]1CC[C@H]2[C@@H]3CC=C4C[C@@H](OC5CCCCO5)CC[C@]4(C)[C@H]3CC[C@]12C.CC(C)(C)[O-].O=C(O)CCCCP(Br)(c1ccccc1)(c1ccccc1)c1ccccc1.[K+]. The first-order valence-electron chi connectivity index (χ1n) is 35.3.